The van der Waals surface area contributed by atoms with Crippen molar-refractivity contribution >= 4 is 5.91 Å². The second-order valence-electron chi connectivity index (χ2n) is 6.55. The van der Waals surface area contributed by atoms with E-state index in [1.807, 2.05) is 32.0 Å². The summed E-state index contributed by atoms with van der Waals surface area (Å²) in [5, 5.41) is 19.5. The molecule has 2 aromatic heterocycles. The lowest BCUT2D eigenvalue weighted by atomic mass is 10.0. The predicted molar refractivity (Wildman–Crippen MR) is 96.5 cm³/mol. The number of fused-ring (bicyclic) bond motifs is 1. The Hall–Kier alpha value is -3.09. The minimum atomic E-state index is -0.138. The summed E-state index contributed by atoms with van der Waals surface area (Å²) in [6.07, 6.45) is 3.79. The van der Waals surface area contributed by atoms with E-state index in [-0.39, 0.29) is 5.91 Å². The first-order valence-corrected chi connectivity index (χ1v) is 8.72. The Bertz CT molecular complexity index is 978. The summed E-state index contributed by atoms with van der Waals surface area (Å²) < 4.78 is 2.09. The Labute approximate surface area is 151 Å². The number of hydrogen-bond acceptors (Lipinski definition) is 5. The molecule has 0 unspecified atom stereocenters. The maximum Gasteiger partial charge on any atom is 0.251 e. The normalized spacial score (nSPS) is 12.8. The average Bonchev–Trinajstić information content (AvgIpc) is 3.26. The molecule has 132 valence electrons. The Kier molecular flexibility index (Phi) is 4.20. The van der Waals surface area contributed by atoms with E-state index in [9.17, 15) is 4.79 Å². The number of nitrogens with one attached hydrogen (secondary N) is 1. The maximum absolute atomic E-state index is 12.6. The zero-order valence-electron chi connectivity index (χ0n) is 14.9. The van der Waals surface area contributed by atoms with Crippen molar-refractivity contribution in [3.05, 3.63) is 58.8 Å². The summed E-state index contributed by atoms with van der Waals surface area (Å²) in [6.45, 7) is 5.31. The molecule has 0 saturated heterocycles. The van der Waals surface area contributed by atoms with Crippen LogP contribution in [0.25, 0.3) is 11.3 Å². The average molecular weight is 348 g/mol. The number of carbonyl (C=O) groups excluding carboxylic acids is 1. The number of amides is 1. The lowest BCUT2D eigenvalue weighted by Crippen LogP contribution is -2.24. The van der Waals surface area contributed by atoms with Gasteiger partial charge in [0.1, 0.15) is 5.82 Å². The van der Waals surface area contributed by atoms with E-state index < -0.39 is 0 Å². The Morgan fingerprint density at radius 1 is 1.23 bits per heavy atom. The van der Waals surface area contributed by atoms with E-state index in [1.165, 1.54) is 0 Å². The molecule has 26 heavy (non-hydrogen) atoms. The van der Waals surface area contributed by atoms with Crippen molar-refractivity contribution in [2.45, 2.75) is 39.8 Å². The molecule has 0 fully saturated rings. The molecule has 1 amide bonds. The smallest absolute Gasteiger partial charge is 0.251 e. The van der Waals surface area contributed by atoms with Crippen LogP contribution in [0.2, 0.25) is 0 Å². The lowest BCUT2D eigenvalue weighted by Gasteiger charge is -2.09. The molecule has 1 aliphatic heterocycles. The van der Waals surface area contributed by atoms with Gasteiger partial charge in [0.15, 0.2) is 5.82 Å². The molecular weight excluding hydrogens is 328 g/mol. The highest BCUT2D eigenvalue weighted by Crippen LogP contribution is 2.23. The highest BCUT2D eigenvalue weighted by molar-refractivity contribution is 5.95. The van der Waals surface area contributed by atoms with Gasteiger partial charge in [0.05, 0.1) is 18.4 Å². The number of aryl methyl sites for hydroxylation is 2. The van der Waals surface area contributed by atoms with Crippen molar-refractivity contribution < 1.29 is 4.79 Å². The fourth-order valence-corrected chi connectivity index (χ4v) is 3.22. The van der Waals surface area contributed by atoms with Gasteiger partial charge in [-0.1, -0.05) is 12.1 Å². The quantitative estimate of drug-likeness (QED) is 0.781. The topological polar surface area (TPSA) is 85.6 Å². The molecule has 3 aromatic rings. The number of hydrogen-bond donors (Lipinski definition) is 1. The minimum Gasteiger partial charge on any atom is -0.345 e. The van der Waals surface area contributed by atoms with Crippen LogP contribution in [0.15, 0.2) is 30.5 Å². The molecule has 3 heterocycles. The van der Waals surface area contributed by atoms with Crippen LogP contribution < -0.4 is 5.32 Å². The molecule has 0 atom stereocenters. The van der Waals surface area contributed by atoms with E-state index in [1.54, 1.807) is 12.3 Å². The fourth-order valence-electron chi connectivity index (χ4n) is 3.22. The van der Waals surface area contributed by atoms with Crippen LogP contribution in [-0.4, -0.2) is 30.9 Å². The molecule has 1 aromatic carbocycles. The zero-order valence-corrected chi connectivity index (χ0v) is 14.9. The van der Waals surface area contributed by atoms with Crippen molar-refractivity contribution in [3.8, 4) is 11.3 Å². The Balaban J connectivity index is 1.52. The first kappa shape index (κ1) is 16.4. The van der Waals surface area contributed by atoms with Crippen LogP contribution in [0.3, 0.4) is 0 Å². The summed E-state index contributed by atoms with van der Waals surface area (Å²) in [5.41, 5.74) is 4.41. The van der Waals surface area contributed by atoms with Gasteiger partial charge in [0.2, 0.25) is 0 Å². The lowest BCUT2D eigenvalue weighted by molar-refractivity contribution is 0.0949. The summed E-state index contributed by atoms with van der Waals surface area (Å²) in [6, 6.07) is 7.45. The van der Waals surface area contributed by atoms with Crippen LogP contribution in [0.5, 0.6) is 0 Å². The van der Waals surface area contributed by atoms with E-state index in [4.69, 9.17) is 0 Å². The van der Waals surface area contributed by atoms with Crippen molar-refractivity contribution in [3.63, 3.8) is 0 Å². The molecule has 4 rings (SSSR count). The van der Waals surface area contributed by atoms with Gasteiger partial charge in [0.25, 0.3) is 5.91 Å². The van der Waals surface area contributed by atoms with Crippen LogP contribution >= 0.6 is 0 Å². The van der Waals surface area contributed by atoms with Gasteiger partial charge in [-0.15, -0.1) is 10.2 Å². The zero-order chi connectivity index (χ0) is 18.1. The Morgan fingerprint density at radius 3 is 3.00 bits per heavy atom. The second-order valence-corrected chi connectivity index (χ2v) is 6.55. The number of aromatic nitrogens is 5. The highest BCUT2D eigenvalue weighted by atomic mass is 16.1. The first-order valence-electron chi connectivity index (χ1n) is 8.72. The number of carbonyl (C=O) groups is 1. The predicted octanol–water partition coefficient (Wildman–Crippen LogP) is 2.23. The van der Waals surface area contributed by atoms with Crippen LogP contribution in [0.1, 0.15) is 39.6 Å². The van der Waals surface area contributed by atoms with E-state index >= 15 is 0 Å². The van der Waals surface area contributed by atoms with Gasteiger partial charge in [-0.2, -0.15) is 10.2 Å². The Morgan fingerprint density at radius 2 is 2.12 bits per heavy atom. The van der Waals surface area contributed by atoms with Crippen molar-refractivity contribution in [1.82, 2.24) is 30.3 Å². The van der Waals surface area contributed by atoms with E-state index in [0.29, 0.717) is 12.1 Å². The SMILES string of the molecule is Cc1cnnc(-c2cccc(C(=O)NCc3nnc4n3CCC4)c2)c1C. The third-order valence-corrected chi connectivity index (χ3v) is 4.85. The molecule has 1 N–H and O–H groups in total. The minimum absolute atomic E-state index is 0.138. The molecular formula is C19H20N6O. The van der Waals surface area contributed by atoms with Crippen LogP contribution in [0.4, 0.5) is 0 Å². The fraction of sp³-hybridized carbons (Fsp3) is 0.316. The molecule has 0 saturated carbocycles. The van der Waals surface area contributed by atoms with Crippen molar-refractivity contribution in [2.24, 2.45) is 0 Å². The summed E-state index contributed by atoms with van der Waals surface area (Å²) >= 11 is 0. The van der Waals surface area contributed by atoms with Gasteiger partial charge in [-0.25, -0.2) is 0 Å². The standard InChI is InChI=1S/C19H20N6O/c1-12-10-21-24-18(13(12)2)14-5-3-6-15(9-14)19(26)20-11-17-23-22-16-7-4-8-25(16)17/h3,5-6,9-10H,4,7-8,11H2,1-2H3,(H,20,26). The van der Waals surface area contributed by atoms with Crippen molar-refractivity contribution in [2.75, 3.05) is 0 Å². The van der Waals surface area contributed by atoms with Crippen LogP contribution in [0, 0.1) is 13.8 Å². The van der Waals surface area contributed by atoms with Crippen molar-refractivity contribution in [1.29, 1.82) is 0 Å². The third-order valence-electron chi connectivity index (χ3n) is 4.85. The molecule has 0 aliphatic carbocycles. The maximum atomic E-state index is 12.6. The molecule has 1 aliphatic rings. The summed E-state index contributed by atoms with van der Waals surface area (Å²) in [7, 11) is 0. The molecule has 7 nitrogen and oxygen atoms in total. The molecule has 7 heteroatoms. The largest absolute Gasteiger partial charge is 0.345 e. The first-order chi connectivity index (χ1) is 12.6. The molecule has 0 radical (unpaired) electrons. The number of rotatable bonds is 4. The monoisotopic (exact) mass is 348 g/mol. The summed E-state index contributed by atoms with van der Waals surface area (Å²) in [5.74, 6) is 1.67. The van der Waals surface area contributed by atoms with Crippen LogP contribution in [-0.2, 0) is 19.5 Å². The second kappa shape index (κ2) is 6.67. The van der Waals surface area contributed by atoms with Gasteiger partial charge >= 0.3 is 0 Å². The number of nitrogens with zero attached hydrogens (tertiary/aromatic N) is 5. The number of benzene rings is 1. The third kappa shape index (κ3) is 2.96. The van der Waals surface area contributed by atoms with Gasteiger partial charge in [-0.05, 0) is 43.5 Å². The highest BCUT2D eigenvalue weighted by Gasteiger charge is 2.18. The van der Waals surface area contributed by atoms with Gasteiger partial charge in [0, 0.05) is 24.1 Å². The molecule has 0 spiro atoms. The van der Waals surface area contributed by atoms with Gasteiger partial charge in [-0.3, -0.25) is 4.79 Å². The van der Waals surface area contributed by atoms with E-state index in [0.717, 1.165) is 53.4 Å². The summed E-state index contributed by atoms with van der Waals surface area (Å²) in [4.78, 5) is 12.6. The van der Waals surface area contributed by atoms with E-state index in [2.05, 4.69) is 30.3 Å². The molecule has 0 bridgehead atoms. The van der Waals surface area contributed by atoms with Gasteiger partial charge < -0.3 is 9.88 Å².